The average molecular weight is 215 g/mol. The molecule has 0 spiro atoms. The maximum atomic E-state index is 7.60. The van der Waals surface area contributed by atoms with E-state index in [2.05, 4.69) is 10.1 Å². The molecule has 5 nitrogen and oxygen atoms in total. The standard InChI is InChI=1S/C11H13N5/c1-7(12)10-3-8(4-14-11(10)13)9-5-15-16(2)6-9/h3-6,12H,1-2H3,(H2,13,14). The Morgan fingerprint density at radius 3 is 2.69 bits per heavy atom. The molecule has 2 heterocycles. The maximum absolute atomic E-state index is 7.60. The fraction of sp³-hybridized carbons (Fsp3) is 0.182. The van der Waals surface area contributed by atoms with Gasteiger partial charge in [0.1, 0.15) is 5.82 Å². The van der Waals surface area contributed by atoms with E-state index in [0.29, 0.717) is 17.1 Å². The first-order chi connectivity index (χ1) is 7.58. The zero-order valence-corrected chi connectivity index (χ0v) is 9.23. The van der Waals surface area contributed by atoms with E-state index < -0.39 is 0 Å². The first-order valence-electron chi connectivity index (χ1n) is 4.88. The summed E-state index contributed by atoms with van der Waals surface area (Å²) < 4.78 is 1.72. The molecule has 16 heavy (non-hydrogen) atoms. The molecule has 5 heteroatoms. The molecule has 2 rings (SSSR count). The SMILES string of the molecule is CC(=N)c1cc(-c2cnn(C)c2)cnc1N. The second-order valence-electron chi connectivity index (χ2n) is 3.68. The minimum absolute atomic E-state index is 0.389. The normalized spacial score (nSPS) is 10.4. The van der Waals surface area contributed by atoms with Gasteiger partial charge in [-0.2, -0.15) is 5.10 Å². The van der Waals surface area contributed by atoms with Gasteiger partial charge in [0.05, 0.1) is 6.20 Å². The molecule has 0 saturated heterocycles. The highest BCUT2D eigenvalue weighted by Gasteiger charge is 2.07. The van der Waals surface area contributed by atoms with Crippen molar-refractivity contribution < 1.29 is 0 Å². The highest BCUT2D eigenvalue weighted by molar-refractivity contribution is 6.01. The highest BCUT2D eigenvalue weighted by Crippen LogP contribution is 2.21. The zero-order chi connectivity index (χ0) is 11.7. The molecule has 0 bridgehead atoms. The van der Waals surface area contributed by atoms with E-state index in [1.807, 2.05) is 19.3 Å². The van der Waals surface area contributed by atoms with E-state index in [0.717, 1.165) is 11.1 Å². The van der Waals surface area contributed by atoms with Crippen molar-refractivity contribution in [2.24, 2.45) is 7.05 Å². The Morgan fingerprint density at radius 1 is 1.38 bits per heavy atom. The van der Waals surface area contributed by atoms with Crippen LogP contribution in [0.25, 0.3) is 11.1 Å². The molecule has 3 N–H and O–H groups in total. The van der Waals surface area contributed by atoms with Gasteiger partial charge in [-0.3, -0.25) is 4.68 Å². The second kappa shape index (κ2) is 3.77. The summed E-state index contributed by atoms with van der Waals surface area (Å²) in [6, 6.07) is 1.86. The first kappa shape index (κ1) is 10.4. The molecule has 0 aliphatic heterocycles. The van der Waals surface area contributed by atoms with Crippen LogP contribution in [0.1, 0.15) is 12.5 Å². The van der Waals surface area contributed by atoms with Crippen molar-refractivity contribution in [3.63, 3.8) is 0 Å². The lowest BCUT2D eigenvalue weighted by Gasteiger charge is -2.04. The summed E-state index contributed by atoms with van der Waals surface area (Å²) in [7, 11) is 1.86. The van der Waals surface area contributed by atoms with Crippen molar-refractivity contribution in [3.8, 4) is 11.1 Å². The smallest absolute Gasteiger partial charge is 0.132 e. The number of pyridine rings is 1. The van der Waals surface area contributed by atoms with Gasteiger partial charge in [-0.05, 0) is 13.0 Å². The van der Waals surface area contributed by atoms with Crippen LogP contribution >= 0.6 is 0 Å². The molecule has 0 aliphatic rings. The third kappa shape index (κ3) is 1.79. The molecule has 0 unspecified atom stereocenters. The molecule has 2 aromatic heterocycles. The van der Waals surface area contributed by atoms with E-state index in [9.17, 15) is 0 Å². The number of aryl methyl sites for hydroxylation is 1. The number of hydrogen-bond acceptors (Lipinski definition) is 4. The molecule has 0 fully saturated rings. The fourth-order valence-electron chi connectivity index (χ4n) is 1.50. The largest absolute Gasteiger partial charge is 0.383 e. The van der Waals surface area contributed by atoms with Crippen molar-refractivity contribution in [1.82, 2.24) is 14.8 Å². The fourth-order valence-corrected chi connectivity index (χ4v) is 1.50. The Morgan fingerprint density at radius 2 is 2.12 bits per heavy atom. The van der Waals surface area contributed by atoms with E-state index in [4.69, 9.17) is 11.1 Å². The molecule has 0 aromatic carbocycles. The van der Waals surface area contributed by atoms with Gasteiger partial charge in [0.15, 0.2) is 0 Å². The molecule has 82 valence electrons. The summed E-state index contributed by atoms with van der Waals surface area (Å²) >= 11 is 0. The summed E-state index contributed by atoms with van der Waals surface area (Å²) in [5.41, 5.74) is 8.67. The summed E-state index contributed by atoms with van der Waals surface area (Å²) in [4.78, 5) is 4.09. The Bertz CT molecular complexity index is 541. The van der Waals surface area contributed by atoms with Crippen molar-refractivity contribution in [2.45, 2.75) is 6.92 Å². The summed E-state index contributed by atoms with van der Waals surface area (Å²) in [6.45, 7) is 1.69. The van der Waals surface area contributed by atoms with Crippen LogP contribution in [0.15, 0.2) is 24.7 Å². The maximum Gasteiger partial charge on any atom is 0.132 e. The van der Waals surface area contributed by atoms with Gasteiger partial charge in [-0.1, -0.05) is 0 Å². The summed E-state index contributed by atoms with van der Waals surface area (Å²) in [6.07, 6.45) is 5.35. The van der Waals surface area contributed by atoms with Gasteiger partial charge in [0, 0.05) is 41.8 Å². The van der Waals surface area contributed by atoms with Crippen LogP contribution in [0.2, 0.25) is 0 Å². The molecule has 0 radical (unpaired) electrons. The van der Waals surface area contributed by atoms with Crippen molar-refractivity contribution in [1.29, 1.82) is 5.41 Å². The number of rotatable bonds is 2. The number of nitrogens with one attached hydrogen (secondary N) is 1. The van der Waals surface area contributed by atoms with Crippen LogP contribution in [0.4, 0.5) is 5.82 Å². The van der Waals surface area contributed by atoms with Gasteiger partial charge in [0.25, 0.3) is 0 Å². The number of anilines is 1. The van der Waals surface area contributed by atoms with Gasteiger partial charge in [-0.15, -0.1) is 0 Å². The van der Waals surface area contributed by atoms with E-state index >= 15 is 0 Å². The minimum atomic E-state index is 0.389. The second-order valence-corrected chi connectivity index (χ2v) is 3.68. The Hall–Kier alpha value is -2.17. The van der Waals surface area contributed by atoms with Crippen molar-refractivity contribution in [2.75, 3.05) is 5.73 Å². The van der Waals surface area contributed by atoms with Crippen molar-refractivity contribution >= 4 is 11.5 Å². The first-order valence-corrected chi connectivity index (χ1v) is 4.88. The number of nitrogens with two attached hydrogens (primary N) is 1. The number of aromatic nitrogens is 3. The van der Waals surface area contributed by atoms with Crippen LogP contribution in [0.5, 0.6) is 0 Å². The van der Waals surface area contributed by atoms with Gasteiger partial charge in [-0.25, -0.2) is 4.98 Å². The van der Waals surface area contributed by atoms with E-state index in [1.54, 1.807) is 24.0 Å². The van der Waals surface area contributed by atoms with Gasteiger partial charge >= 0.3 is 0 Å². The van der Waals surface area contributed by atoms with Crippen molar-refractivity contribution in [3.05, 3.63) is 30.2 Å². The Labute approximate surface area is 93.4 Å². The third-order valence-electron chi connectivity index (χ3n) is 2.36. The molecular formula is C11H13N5. The number of hydrogen-bond donors (Lipinski definition) is 2. The molecule has 0 atom stereocenters. The lowest BCUT2D eigenvalue weighted by atomic mass is 10.1. The lowest BCUT2D eigenvalue weighted by Crippen LogP contribution is -2.02. The van der Waals surface area contributed by atoms with Gasteiger partial charge in [0.2, 0.25) is 0 Å². The van der Waals surface area contributed by atoms with Crippen LogP contribution in [0.3, 0.4) is 0 Å². The summed E-state index contributed by atoms with van der Waals surface area (Å²) in [5, 5.41) is 11.7. The van der Waals surface area contributed by atoms with Crippen LogP contribution < -0.4 is 5.73 Å². The van der Waals surface area contributed by atoms with E-state index in [1.165, 1.54) is 0 Å². The van der Waals surface area contributed by atoms with Crippen LogP contribution in [0, 0.1) is 5.41 Å². The molecule has 0 saturated carbocycles. The number of nitrogen functional groups attached to an aromatic ring is 1. The molecular weight excluding hydrogens is 202 g/mol. The Balaban J connectivity index is 2.51. The molecule has 0 amide bonds. The monoisotopic (exact) mass is 215 g/mol. The lowest BCUT2D eigenvalue weighted by molar-refractivity contribution is 0.768. The zero-order valence-electron chi connectivity index (χ0n) is 9.23. The highest BCUT2D eigenvalue weighted by atomic mass is 15.2. The number of nitrogens with zero attached hydrogens (tertiary/aromatic N) is 3. The molecule has 2 aromatic rings. The predicted molar refractivity (Wildman–Crippen MR) is 63.4 cm³/mol. The minimum Gasteiger partial charge on any atom is -0.383 e. The van der Waals surface area contributed by atoms with Crippen LogP contribution in [-0.2, 0) is 7.05 Å². The quantitative estimate of drug-likeness (QED) is 0.744. The Kier molecular flexibility index (Phi) is 2.44. The average Bonchev–Trinajstić information content (AvgIpc) is 2.65. The third-order valence-corrected chi connectivity index (χ3v) is 2.36. The predicted octanol–water partition coefficient (Wildman–Crippen LogP) is 1.45. The van der Waals surface area contributed by atoms with E-state index in [-0.39, 0.29) is 0 Å². The topological polar surface area (TPSA) is 80.6 Å². The van der Waals surface area contributed by atoms with Gasteiger partial charge < -0.3 is 11.1 Å². The molecule has 0 aliphatic carbocycles. The van der Waals surface area contributed by atoms with Crippen LogP contribution in [-0.4, -0.2) is 20.5 Å². The summed E-state index contributed by atoms with van der Waals surface area (Å²) in [5.74, 6) is 0.389.